The van der Waals surface area contributed by atoms with E-state index in [0.29, 0.717) is 49.6 Å². The Labute approximate surface area is 186 Å². The Morgan fingerprint density at radius 2 is 1.78 bits per heavy atom. The van der Waals surface area contributed by atoms with E-state index in [0.717, 1.165) is 0 Å². The highest BCUT2D eigenvalue weighted by atomic mass is 32.2. The van der Waals surface area contributed by atoms with Gasteiger partial charge in [0.1, 0.15) is 5.82 Å². The lowest BCUT2D eigenvalue weighted by Crippen LogP contribution is -2.46. The van der Waals surface area contributed by atoms with E-state index >= 15 is 0 Å². The van der Waals surface area contributed by atoms with E-state index < -0.39 is 15.8 Å². The van der Waals surface area contributed by atoms with E-state index in [1.165, 1.54) is 12.3 Å². The molecule has 0 saturated carbocycles. The van der Waals surface area contributed by atoms with Gasteiger partial charge in [-0.25, -0.2) is 22.5 Å². The lowest BCUT2D eigenvalue weighted by Gasteiger charge is -2.32. The van der Waals surface area contributed by atoms with Crippen LogP contribution in [0.2, 0.25) is 0 Å². The van der Waals surface area contributed by atoms with Gasteiger partial charge in [-0.2, -0.15) is 0 Å². The highest BCUT2D eigenvalue weighted by Gasteiger charge is 2.26. The van der Waals surface area contributed by atoms with Crippen molar-refractivity contribution >= 4 is 15.9 Å². The normalized spacial score (nSPS) is 15.1. The Bertz CT molecular complexity index is 1170. The van der Waals surface area contributed by atoms with Crippen LogP contribution in [-0.2, 0) is 21.2 Å². The van der Waals surface area contributed by atoms with Gasteiger partial charge in [-0.15, -0.1) is 0 Å². The van der Waals surface area contributed by atoms with Gasteiger partial charge in [0.15, 0.2) is 11.7 Å². The molecule has 1 aliphatic heterocycles. The van der Waals surface area contributed by atoms with E-state index in [-0.39, 0.29) is 23.3 Å². The van der Waals surface area contributed by atoms with Crippen LogP contribution >= 0.6 is 0 Å². The molecule has 0 bridgehead atoms. The molecule has 1 amide bonds. The predicted octanol–water partition coefficient (Wildman–Crippen LogP) is 3.38. The summed E-state index contributed by atoms with van der Waals surface area (Å²) in [6.07, 6.45) is 3.09. The lowest BCUT2D eigenvalue weighted by molar-refractivity contribution is -0.132. The molecule has 1 aromatic heterocycles. The number of carbonyl (C=O) groups excluding carboxylic acids is 1. The lowest BCUT2D eigenvalue weighted by atomic mass is 10.1. The monoisotopic (exact) mass is 457 g/mol. The second kappa shape index (κ2) is 9.62. The Kier molecular flexibility index (Phi) is 6.66. The zero-order valence-corrected chi connectivity index (χ0v) is 18.2. The predicted molar refractivity (Wildman–Crippen MR) is 117 cm³/mol. The van der Waals surface area contributed by atoms with E-state index in [1.807, 2.05) is 0 Å². The summed E-state index contributed by atoms with van der Waals surface area (Å²) < 4.78 is 47.2. The van der Waals surface area contributed by atoms with Gasteiger partial charge < -0.3 is 9.32 Å². The second-order valence-corrected chi connectivity index (χ2v) is 9.40. The quantitative estimate of drug-likeness (QED) is 0.587. The molecule has 0 radical (unpaired) electrons. The molecule has 0 unspecified atom stereocenters. The number of hydrogen-bond acceptors (Lipinski definition) is 5. The van der Waals surface area contributed by atoms with Crippen molar-refractivity contribution in [1.82, 2.24) is 14.6 Å². The molecule has 4 rings (SSSR count). The van der Waals surface area contributed by atoms with Crippen LogP contribution in [0, 0.1) is 5.82 Å². The van der Waals surface area contributed by atoms with Crippen molar-refractivity contribution in [2.75, 3.05) is 13.1 Å². The maximum Gasteiger partial charge on any atom is 0.240 e. The molecule has 0 atom stereocenters. The standard InChI is InChI=1S/C23H24FN3O4S/c24-20-9-5-4-8-19(20)21-16-25-22(31-21)10-11-23(28)27-14-12-17(13-15-27)26-32(29,30)18-6-2-1-3-7-18/h1-9,16-17,26H,10-15H2. The van der Waals surface area contributed by atoms with Gasteiger partial charge in [-0.3, -0.25) is 4.79 Å². The van der Waals surface area contributed by atoms with Gasteiger partial charge in [0.25, 0.3) is 0 Å². The molecule has 2 heterocycles. The number of benzene rings is 2. The topological polar surface area (TPSA) is 92.5 Å². The van der Waals surface area contributed by atoms with Gasteiger partial charge in [0.2, 0.25) is 15.9 Å². The summed E-state index contributed by atoms with van der Waals surface area (Å²) in [6.45, 7) is 0.958. The van der Waals surface area contributed by atoms with Gasteiger partial charge in [-0.05, 0) is 37.1 Å². The first kappa shape index (κ1) is 22.2. The summed E-state index contributed by atoms with van der Waals surface area (Å²) >= 11 is 0. The van der Waals surface area contributed by atoms with Gasteiger partial charge in [0, 0.05) is 32.0 Å². The van der Waals surface area contributed by atoms with Crippen LogP contribution < -0.4 is 4.72 Å². The molecule has 1 N–H and O–H groups in total. The summed E-state index contributed by atoms with van der Waals surface area (Å²) in [5, 5.41) is 0. The van der Waals surface area contributed by atoms with Crippen molar-refractivity contribution in [2.45, 2.75) is 36.6 Å². The molecular formula is C23H24FN3O4S. The number of nitrogens with zero attached hydrogens (tertiary/aromatic N) is 2. The first-order valence-electron chi connectivity index (χ1n) is 10.5. The van der Waals surface area contributed by atoms with E-state index in [1.54, 1.807) is 53.4 Å². The third kappa shape index (κ3) is 5.23. The smallest absolute Gasteiger partial charge is 0.240 e. The molecule has 1 saturated heterocycles. The van der Waals surface area contributed by atoms with Crippen molar-refractivity contribution in [2.24, 2.45) is 0 Å². The van der Waals surface area contributed by atoms with Crippen LogP contribution in [0.5, 0.6) is 0 Å². The molecule has 1 aliphatic rings. The average Bonchev–Trinajstić information content (AvgIpc) is 3.27. The number of oxazole rings is 1. The van der Waals surface area contributed by atoms with Crippen molar-refractivity contribution in [3.63, 3.8) is 0 Å². The zero-order chi connectivity index (χ0) is 22.6. The highest BCUT2D eigenvalue weighted by molar-refractivity contribution is 7.89. The molecule has 168 valence electrons. The maximum atomic E-state index is 13.9. The third-order valence-corrected chi connectivity index (χ3v) is 7.01. The Morgan fingerprint density at radius 1 is 1.09 bits per heavy atom. The van der Waals surface area contributed by atoms with Crippen LogP contribution in [-0.4, -0.2) is 43.3 Å². The summed E-state index contributed by atoms with van der Waals surface area (Å²) in [5.74, 6) is 0.274. The highest BCUT2D eigenvalue weighted by Crippen LogP contribution is 2.24. The Balaban J connectivity index is 1.26. The number of halogens is 1. The molecule has 7 nitrogen and oxygen atoms in total. The average molecular weight is 458 g/mol. The number of nitrogens with one attached hydrogen (secondary N) is 1. The number of carbonyl (C=O) groups is 1. The van der Waals surface area contributed by atoms with E-state index in [4.69, 9.17) is 4.42 Å². The Hall–Kier alpha value is -3.04. The molecule has 0 aliphatic carbocycles. The molecular weight excluding hydrogens is 433 g/mol. The van der Waals surface area contributed by atoms with E-state index in [2.05, 4.69) is 9.71 Å². The fraction of sp³-hybridized carbons (Fsp3) is 0.304. The Morgan fingerprint density at radius 3 is 2.50 bits per heavy atom. The van der Waals surface area contributed by atoms with Crippen LogP contribution in [0.25, 0.3) is 11.3 Å². The third-order valence-electron chi connectivity index (χ3n) is 5.47. The molecule has 32 heavy (non-hydrogen) atoms. The van der Waals surface area contributed by atoms with Crippen LogP contribution in [0.1, 0.15) is 25.2 Å². The van der Waals surface area contributed by atoms with Crippen LogP contribution in [0.4, 0.5) is 4.39 Å². The number of piperidine rings is 1. The fourth-order valence-electron chi connectivity index (χ4n) is 3.72. The summed E-state index contributed by atoms with van der Waals surface area (Å²) in [4.78, 5) is 18.7. The van der Waals surface area contributed by atoms with Crippen LogP contribution in [0.15, 0.2) is 70.1 Å². The minimum atomic E-state index is -3.57. The zero-order valence-electron chi connectivity index (χ0n) is 17.4. The first-order valence-corrected chi connectivity index (χ1v) is 12.0. The number of aryl methyl sites for hydroxylation is 1. The number of amides is 1. The maximum absolute atomic E-state index is 13.9. The number of rotatable bonds is 7. The molecule has 2 aromatic carbocycles. The summed E-state index contributed by atoms with van der Waals surface area (Å²) in [5.41, 5.74) is 0.331. The van der Waals surface area contributed by atoms with Crippen molar-refractivity contribution < 1.29 is 22.0 Å². The van der Waals surface area contributed by atoms with Crippen LogP contribution in [0.3, 0.4) is 0 Å². The van der Waals surface area contributed by atoms with Crippen molar-refractivity contribution in [3.05, 3.63) is 72.5 Å². The molecule has 3 aromatic rings. The van der Waals surface area contributed by atoms with Gasteiger partial charge in [-0.1, -0.05) is 30.3 Å². The first-order chi connectivity index (χ1) is 15.4. The molecule has 9 heteroatoms. The summed E-state index contributed by atoms with van der Waals surface area (Å²) in [7, 11) is -3.57. The minimum absolute atomic E-state index is 0.0417. The second-order valence-electron chi connectivity index (χ2n) is 7.69. The van der Waals surface area contributed by atoms with Crippen molar-refractivity contribution in [3.8, 4) is 11.3 Å². The van der Waals surface area contributed by atoms with E-state index in [9.17, 15) is 17.6 Å². The number of likely N-dealkylation sites (tertiary alicyclic amines) is 1. The fourth-order valence-corrected chi connectivity index (χ4v) is 5.04. The van der Waals surface area contributed by atoms with Gasteiger partial charge in [0.05, 0.1) is 16.7 Å². The molecule has 1 fully saturated rings. The number of sulfonamides is 1. The molecule has 0 spiro atoms. The SMILES string of the molecule is O=C(CCc1ncc(-c2ccccc2F)o1)N1CCC(NS(=O)(=O)c2ccccc2)CC1. The van der Waals surface area contributed by atoms with Crippen molar-refractivity contribution in [1.29, 1.82) is 0 Å². The minimum Gasteiger partial charge on any atom is -0.441 e. The van der Waals surface area contributed by atoms with Gasteiger partial charge >= 0.3 is 0 Å². The largest absolute Gasteiger partial charge is 0.441 e. The number of aromatic nitrogens is 1. The summed E-state index contributed by atoms with van der Waals surface area (Å²) in [6, 6.07) is 14.3. The number of hydrogen-bond donors (Lipinski definition) is 1.